The summed E-state index contributed by atoms with van der Waals surface area (Å²) in [4.78, 5) is 34.7. The van der Waals surface area contributed by atoms with Crippen molar-refractivity contribution in [1.29, 1.82) is 0 Å². The zero-order chi connectivity index (χ0) is 31.0. The van der Waals surface area contributed by atoms with Gasteiger partial charge in [0.1, 0.15) is 22.9 Å². The third kappa shape index (κ3) is 5.22. The number of aryl methyl sites for hydroxylation is 2. The molecular weight excluding hydrogens is 570 g/mol. The molecule has 0 unspecified atom stereocenters. The number of nitrogen functional groups attached to an aromatic ring is 1. The number of amides is 1. The quantitative estimate of drug-likeness (QED) is 0.248. The molecule has 0 radical (unpaired) electrons. The molecule has 1 aliphatic carbocycles. The van der Waals surface area contributed by atoms with Crippen LogP contribution in [0.25, 0.3) is 34.1 Å². The summed E-state index contributed by atoms with van der Waals surface area (Å²) in [6.07, 6.45) is 6.84. The van der Waals surface area contributed by atoms with Gasteiger partial charge in [-0.05, 0) is 72.9 Å². The Bertz CT molecular complexity index is 2070. The number of fused-ring (bicyclic) bond motifs is 2. The molecule has 7 rings (SSSR count). The van der Waals surface area contributed by atoms with Gasteiger partial charge < -0.3 is 16.6 Å². The molecule has 0 saturated carbocycles. The van der Waals surface area contributed by atoms with Crippen LogP contribution in [-0.4, -0.2) is 46.6 Å². The van der Waals surface area contributed by atoms with Gasteiger partial charge in [0.2, 0.25) is 5.95 Å². The molecule has 0 saturated heterocycles. The predicted molar refractivity (Wildman–Crippen MR) is 158 cm³/mol. The summed E-state index contributed by atoms with van der Waals surface area (Å²) < 4.78 is 29.7. The zero-order valence-corrected chi connectivity index (χ0v) is 23.0. The molecular formula is C31H24F2N8O3. The van der Waals surface area contributed by atoms with Gasteiger partial charge in [0, 0.05) is 30.2 Å². The Morgan fingerprint density at radius 2 is 1.82 bits per heavy atom. The third-order valence-electron chi connectivity index (χ3n) is 7.21. The summed E-state index contributed by atoms with van der Waals surface area (Å²) >= 11 is 0. The average molecular weight is 595 g/mol. The van der Waals surface area contributed by atoms with Gasteiger partial charge in [0.05, 0.1) is 16.7 Å². The van der Waals surface area contributed by atoms with Crippen molar-refractivity contribution < 1.29 is 23.5 Å². The molecule has 44 heavy (non-hydrogen) atoms. The smallest absolute Gasteiger partial charge is 0.251 e. The van der Waals surface area contributed by atoms with Crippen molar-refractivity contribution in [2.75, 3.05) is 5.73 Å². The molecule has 0 spiro atoms. The average Bonchev–Trinajstić information content (AvgIpc) is 3.75. The van der Waals surface area contributed by atoms with Crippen LogP contribution >= 0.6 is 0 Å². The maximum absolute atomic E-state index is 13.5. The number of aromatic hydroxyl groups is 1. The fourth-order valence-electron chi connectivity index (χ4n) is 5.10. The second-order valence-corrected chi connectivity index (χ2v) is 9.98. The van der Waals surface area contributed by atoms with Gasteiger partial charge in [-0.1, -0.05) is 6.07 Å². The molecule has 0 bridgehead atoms. The summed E-state index contributed by atoms with van der Waals surface area (Å²) in [5, 5.41) is 12.8. The number of phenols is 1. The fraction of sp³-hybridized carbons (Fsp3) is 0.0968. The van der Waals surface area contributed by atoms with Gasteiger partial charge >= 0.3 is 0 Å². The molecule has 0 atom stereocenters. The van der Waals surface area contributed by atoms with Crippen LogP contribution in [0.3, 0.4) is 0 Å². The number of phenolic OH excluding ortho intramolecular Hbond substituents is 1. The van der Waals surface area contributed by atoms with E-state index in [4.69, 9.17) is 26.5 Å². The molecule has 13 heteroatoms. The van der Waals surface area contributed by atoms with Gasteiger partial charge in [0.25, 0.3) is 5.91 Å². The number of pyridine rings is 2. The lowest BCUT2D eigenvalue weighted by Gasteiger charge is -2.12. The summed E-state index contributed by atoms with van der Waals surface area (Å²) in [6.45, 7) is 0. The molecule has 1 amide bonds. The number of nitrogens with two attached hydrogens (primary N) is 2. The number of halogens is 2. The highest BCUT2D eigenvalue weighted by molar-refractivity contribution is 5.95. The first-order chi connectivity index (χ1) is 21.2. The summed E-state index contributed by atoms with van der Waals surface area (Å²) in [6, 6.07) is 16.7. The van der Waals surface area contributed by atoms with Crippen LogP contribution in [0.15, 0.2) is 73.1 Å². The molecule has 11 nitrogen and oxygen atoms in total. The first-order valence-electron chi connectivity index (χ1n) is 13.4. The maximum atomic E-state index is 13.5. The number of aromatic nitrogens is 6. The molecule has 5 N–H and O–H groups in total. The Labute approximate surface area is 248 Å². The molecule has 0 fully saturated rings. The number of carbonyl (C=O) groups is 2. The Hall–Kier alpha value is -5.98. The van der Waals surface area contributed by atoms with Crippen LogP contribution in [-0.2, 0) is 12.8 Å². The molecule has 220 valence electrons. The van der Waals surface area contributed by atoms with E-state index in [1.807, 2.05) is 22.8 Å². The molecule has 2 aromatic carbocycles. The molecule has 4 aromatic heterocycles. The lowest BCUT2D eigenvalue weighted by molar-refractivity contribution is 0.0996. The van der Waals surface area contributed by atoms with E-state index in [1.165, 1.54) is 28.3 Å². The monoisotopic (exact) mass is 594 g/mol. The van der Waals surface area contributed by atoms with E-state index in [0.29, 0.717) is 41.0 Å². The molecule has 4 heterocycles. The topological polar surface area (TPSA) is 168 Å². The first kappa shape index (κ1) is 28.2. The number of aldehydes is 1. The van der Waals surface area contributed by atoms with E-state index in [-0.39, 0.29) is 5.56 Å². The van der Waals surface area contributed by atoms with Crippen molar-refractivity contribution in [2.45, 2.75) is 19.3 Å². The zero-order valence-electron chi connectivity index (χ0n) is 23.0. The van der Waals surface area contributed by atoms with Crippen LogP contribution in [0.4, 0.5) is 14.6 Å². The fourth-order valence-corrected chi connectivity index (χ4v) is 5.10. The van der Waals surface area contributed by atoms with Crippen LogP contribution in [0, 0.1) is 11.8 Å². The minimum Gasteiger partial charge on any atom is -0.507 e. The number of imidazole rings is 1. The lowest BCUT2D eigenvalue weighted by Crippen LogP contribution is -2.13. The molecule has 1 aliphatic rings. The van der Waals surface area contributed by atoms with Gasteiger partial charge in [-0.15, -0.1) is 5.10 Å². The van der Waals surface area contributed by atoms with Crippen molar-refractivity contribution in [3.8, 4) is 28.6 Å². The molecule has 0 aliphatic heterocycles. The largest absolute Gasteiger partial charge is 0.507 e. The number of benzene rings is 2. The minimum atomic E-state index is -0.986. The van der Waals surface area contributed by atoms with Crippen molar-refractivity contribution >= 4 is 29.2 Å². The van der Waals surface area contributed by atoms with Crippen LogP contribution in [0.5, 0.6) is 5.75 Å². The van der Waals surface area contributed by atoms with Crippen LogP contribution in [0.1, 0.15) is 38.3 Å². The highest BCUT2D eigenvalue weighted by Crippen LogP contribution is 2.33. The highest BCUT2D eigenvalue weighted by Gasteiger charge is 2.20. The van der Waals surface area contributed by atoms with Crippen LogP contribution in [0.2, 0.25) is 0 Å². The van der Waals surface area contributed by atoms with E-state index in [2.05, 4.69) is 28.3 Å². The second-order valence-electron chi connectivity index (χ2n) is 9.98. The number of rotatable bonds is 5. The Kier molecular flexibility index (Phi) is 7.27. The summed E-state index contributed by atoms with van der Waals surface area (Å²) in [7, 11) is 0. The Morgan fingerprint density at radius 1 is 1.00 bits per heavy atom. The normalized spacial score (nSPS) is 12.0. The van der Waals surface area contributed by atoms with E-state index in [1.54, 1.807) is 18.5 Å². The Balaban J connectivity index is 0.000000223. The number of hydrogen-bond acceptors (Lipinski definition) is 8. The third-order valence-corrected chi connectivity index (χ3v) is 7.21. The summed E-state index contributed by atoms with van der Waals surface area (Å²) in [5.74, 6) is -1.44. The SMILES string of the molecule is NC(=O)c1cc(C=O)c(O)cc1F.Nc1ncccc1-c1nc2ccc(-n3ccc(F)n3)nc2n1-c1ccc2c(c1)CCC2. The predicted octanol–water partition coefficient (Wildman–Crippen LogP) is 4.32. The highest BCUT2D eigenvalue weighted by atomic mass is 19.1. The van der Waals surface area contributed by atoms with E-state index >= 15 is 0 Å². The van der Waals surface area contributed by atoms with Crippen LogP contribution < -0.4 is 11.5 Å². The van der Waals surface area contributed by atoms with E-state index < -0.39 is 29.0 Å². The van der Waals surface area contributed by atoms with E-state index in [9.17, 15) is 18.4 Å². The van der Waals surface area contributed by atoms with Gasteiger partial charge in [-0.3, -0.25) is 14.2 Å². The minimum absolute atomic E-state index is 0.171. The number of nitrogens with zero attached hydrogens (tertiary/aromatic N) is 6. The van der Waals surface area contributed by atoms with Gasteiger partial charge in [-0.2, -0.15) is 4.39 Å². The molecule has 6 aromatic rings. The van der Waals surface area contributed by atoms with E-state index in [0.717, 1.165) is 30.2 Å². The van der Waals surface area contributed by atoms with Crippen molar-refractivity contribution in [2.24, 2.45) is 5.73 Å². The maximum Gasteiger partial charge on any atom is 0.251 e. The lowest BCUT2D eigenvalue weighted by atomic mass is 10.1. The number of primary amides is 1. The first-order valence-corrected chi connectivity index (χ1v) is 13.4. The van der Waals surface area contributed by atoms with Gasteiger partial charge in [0.15, 0.2) is 23.6 Å². The number of carbonyl (C=O) groups excluding carboxylic acids is 2. The van der Waals surface area contributed by atoms with Crippen molar-refractivity contribution in [3.05, 3.63) is 107 Å². The van der Waals surface area contributed by atoms with Gasteiger partial charge in [-0.25, -0.2) is 24.0 Å². The van der Waals surface area contributed by atoms with Crippen molar-refractivity contribution in [1.82, 2.24) is 29.3 Å². The second kappa shape index (κ2) is 11.4. The Morgan fingerprint density at radius 3 is 2.55 bits per heavy atom. The summed E-state index contributed by atoms with van der Waals surface area (Å²) in [5.41, 5.74) is 16.2. The number of hydrogen-bond donors (Lipinski definition) is 3. The number of anilines is 1. The standard InChI is InChI=1S/C23H18FN7.C8H6FNO3/c24-19-10-12-30(29-19)20-9-8-18-23(28-20)31(16-7-6-14-3-1-4-15(14)13-16)22(27-18)17-5-2-11-26-21(17)25;9-6-2-7(12)4(3-11)1-5(6)8(10)13/h2,5-13H,1,3-4H2,(H2,25,26);1-3,12H,(H2,10,13). The van der Waals surface area contributed by atoms with Crippen molar-refractivity contribution in [3.63, 3.8) is 0 Å².